The Hall–Kier alpha value is -3.33. The van der Waals surface area contributed by atoms with Crippen LogP contribution in [0.4, 0.5) is 0 Å². The van der Waals surface area contributed by atoms with Crippen molar-refractivity contribution >= 4 is 5.97 Å². The van der Waals surface area contributed by atoms with Crippen LogP contribution in [-0.2, 0) is 4.74 Å². The van der Waals surface area contributed by atoms with Crippen LogP contribution >= 0.6 is 0 Å². The first kappa shape index (κ1) is 19.4. The number of benzene rings is 3. The molecule has 3 aromatic carbocycles. The van der Waals surface area contributed by atoms with E-state index in [0.29, 0.717) is 12.2 Å². The SMILES string of the molecule is C/C=C/COc1ccc(-c2ccc(C(=O)OC(C)c3ccccc3)cc2)cc1. The van der Waals surface area contributed by atoms with Gasteiger partial charge in [-0.25, -0.2) is 4.79 Å². The molecule has 0 N–H and O–H groups in total. The molecular weight excluding hydrogens is 348 g/mol. The molecule has 3 aromatic rings. The predicted octanol–water partition coefficient (Wildman–Crippen LogP) is 6.23. The van der Waals surface area contributed by atoms with Crippen LogP contribution in [0.15, 0.2) is 91.0 Å². The van der Waals surface area contributed by atoms with E-state index in [1.54, 1.807) is 12.1 Å². The highest BCUT2D eigenvalue weighted by Crippen LogP contribution is 2.24. The van der Waals surface area contributed by atoms with Crippen LogP contribution < -0.4 is 4.74 Å². The van der Waals surface area contributed by atoms with E-state index in [1.165, 1.54) is 0 Å². The molecule has 3 nitrogen and oxygen atoms in total. The quantitative estimate of drug-likeness (QED) is 0.364. The number of allylic oxidation sites excluding steroid dienone is 1. The monoisotopic (exact) mass is 372 g/mol. The molecule has 0 radical (unpaired) electrons. The number of esters is 1. The van der Waals surface area contributed by atoms with E-state index in [0.717, 1.165) is 22.4 Å². The Morgan fingerprint density at radius 2 is 1.50 bits per heavy atom. The molecule has 0 fully saturated rings. The summed E-state index contributed by atoms with van der Waals surface area (Å²) in [6.45, 7) is 4.41. The molecule has 0 aromatic heterocycles. The molecule has 0 saturated heterocycles. The fourth-order valence-electron chi connectivity index (χ4n) is 2.80. The predicted molar refractivity (Wildman–Crippen MR) is 112 cm³/mol. The highest BCUT2D eigenvalue weighted by atomic mass is 16.5. The molecule has 28 heavy (non-hydrogen) atoms. The van der Waals surface area contributed by atoms with Gasteiger partial charge in [-0.15, -0.1) is 0 Å². The van der Waals surface area contributed by atoms with Crippen molar-refractivity contribution in [2.75, 3.05) is 6.61 Å². The third kappa shape index (κ3) is 5.10. The Kier molecular flexibility index (Phi) is 6.64. The van der Waals surface area contributed by atoms with Gasteiger partial charge in [-0.3, -0.25) is 0 Å². The van der Waals surface area contributed by atoms with E-state index >= 15 is 0 Å². The standard InChI is InChI=1S/C25H24O3/c1-3-4-18-27-24-16-14-22(15-17-24)21-10-12-23(13-11-21)25(26)28-19(2)20-8-6-5-7-9-20/h3-17,19H,18H2,1-2H3/b4-3+. The fourth-order valence-corrected chi connectivity index (χ4v) is 2.80. The van der Waals surface area contributed by atoms with E-state index in [9.17, 15) is 4.79 Å². The molecule has 0 spiro atoms. The minimum Gasteiger partial charge on any atom is -0.490 e. The second kappa shape index (κ2) is 9.56. The van der Waals surface area contributed by atoms with E-state index in [4.69, 9.17) is 9.47 Å². The molecule has 3 rings (SSSR count). The van der Waals surface area contributed by atoms with Gasteiger partial charge in [-0.1, -0.05) is 66.7 Å². The summed E-state index contributed by atoms with van der Waals surface area (Å²) in [6, 6.07) is 25.1. The fraction of sp³-hybridized carbons (Fsp3) is 0.160. The Labute approximate surface area is 166 Å². The van der Waals surface area contributed by atoms with Crippen molar-refractivity contribution in [2.24, 2.45) is 0 Å². The van der Waals surface area contributed by atoms with Crippen molar-refractivity contribution in [2.45, 2.75) is 20.0 Å². The zero-order chi connectivity index (χ0) is 19.8. The van der Waals surface area contributed by atoms with E-state index < -0.39 is 0 Å². The molecule has 0 amide bonds. The van der Waals surface area contributed by atoms with Crippen LogP contribution in [0.3, 0.4) is 0 Å². The van der Waals surface area contributed by atoms with Crippen molar-refractivity contribution in [1.82, 2.24) is 0 Å². The van der Waals surface area contributed by atoms with E-state index in [2.05, 4.69) is 0 Å². The van der Waals surface area contributed by atoms with Crippen LogP contribution in [0.5, 0.6) is 5.75 Å². The minimum absolute atomic E-state index is 0.288. The normalized spacial score (nSPS) is 11.9. The van der Waals surface area contributed by atoms with Crippen molar-refractivity contribution in [3.8, 4) is 16.9 Å². The van der Waals surface area contributed by atoms with Crippen LogP contribution in [0, 0.1) is 0 Å². The lowest BCUT2D eigenvalue weighted by atomic mass is 10.0. The minimum atomic E-state index is -0.323. The van der Waals surface area contributed by atoms with Gasteiger partial charge in [-0.2, -0.15) is 0 Å². The Morgan fingerprint density at radius 3 is 2.11 bits per heavy atom. The molecule has 1 atom stereocenters. The van der Waals surface area contributed by atoms with Gasteiger partial charge in [0.15, 0.2) is 0 Å². The number of carbonyl (C=O) groups is 1. The molecular formula is C25H24O3. The summed E-state index contributed by atoms with van der Waals surface area (Å²) < 4.78 is 11.2. The average Bonchev–Trinajstić information content (AvgIpc) is 2.75. The third-order valence-corrected chi connectivity index (χ3v) is 4.44. The molecule has 0 aliphatic heterocycles. The van der Waals surface area contributed by atoms with Crippen LogP contribution in [-0.4, -0.2) is 12.6 Å². The number of hydrogen-bond donors (Lipinski definition) is 0. The largest absolute Gasteiger partial charge is 0.490 e. The molecule has 3 heteroatoms. The van der Waals surface area contributed by atoms with Crippen LogP contribution in [0.1, 0.15) is 35.9 Å². The van der Waals surface area contributed by atoms with Gasteiger partial charge in [0, 0.05) is 0 Å². The molecule has 0 aliphatic rings. The zero-order valence-electron chi connectivity index (χ0n) is 16.2. The smallest absolute Gasteiger partial charge is 0.338 e. The maximum absolute atomic E-state index is 12.4. The summed E-state index contributed by atoms with van der Waals surface area (Å²) in [7, 11) is 0. The van der Waals surface area contributed by atoms with Gasteiger partial charge in [0.25, 0.3) is 0 Å². The second-order valence-electron chi connectivity index (χ2n) is 6.44. The van der Waals surface area contributed by atoms with Crippen molar-refractivity contribution in [3.63, 3.8) is 0 Å². The first-order valence-corrected chi connectivity index (χ1v) is 9.38. The molecule has 142 valence electrons. The first-order chi connectivity index (χ1) is 13.7. The van der Waals surface area contributed by atoms with E-state index in [-0.39, 0.29) is 12.1 Å². The Balaban J connectivity index is 1.63. The molecule has 0 saturated carbocycles. The highest BCUT2D eigenvalue weighted by molar-refractivity contribution is 5.90. The van der Waals surface area contributed by atoms with Gasteiger partial charge >= 0.3 is 5.97 Å². The Morgan fingerprint density at radius 1 is 0.893 bits per heavy atom. The average molecular weight is 372 g/mol. The van der Waals surface area contributed by atoms with Crippen molar-refractivity contribution in [3.05, 3.63) is 102 Å². The third-order valence-electron chi connectivity index (χ3n) is 4.44. The number of carbonyl (C=O) groups excluding carboxylic acids is 1. The maximum atomic E-state index is 12.4. The molecule has 0 heterocycles. The van der Waals surface area contributed by atoms with Gasteiger partial charge in [0.05, 0.1) is 5.56 Å². The van der Waals surface area contributed by atoms with Crippen molar-refractivity contribution < 1.29 is 14.3 Å². The van der Waals surface area contributed by atoms with Crippen LogP contribution in [0.2, 0.25) is 0 Å². The van der Waals surface area contributed by atoms with Gasteiger partial charge in [-0.05, 0) is 54.8 Å². The first-order valence-electron chi connectivity index (χ1n) is 9.38. The lowest BCUT2D eigenvalue weighted by Gasteiger charge is -2.13. The lowest BCUT2D eigenvalue weighted by Crippen LogP contribution is -2.09. The Bertz CT molecular complexity index is 910. The van der Waals surface area contributed by atoms with Crippen molar-refractivity contribution in [1.29, 1.82) is 0 Å². The van der Waals surface area contributed by atoms with Gasteiger partial charge in [0.1, 0.15) is 18.5 Å². The number of rotatable bonds is 7. The molecule has 0 bridgehead atoms. The number of ether oxygens (including phenoxy) is 2. The van der Waals surface area contributed by atoms with Gasteiger partial charge < -0.3 is 9.47 Å². The highest BCUT2D eigenvalue weighted by Gasteiger charge is 2.13. The summed E-state index contributed by atoms with van der Waals surface area (Å²) in [4.78, 5) is 12.4. The summed E-state index contributed by atoms with van der Waals surface area (Å²) in [6.07, 6.45) is 3.63. The topological polar surface area (TPSA) is 35.5 Å². The molecule has 0 aliphatic carbocycles. The summed E-state index contributed by atoms with van der Waals surface area (Å²) in [5.41, 5.74) is 3.62. The number of hydrogen-bond acceptors (Lipinski definition) is 3. The summed E-state index contributed by atoms with van der Waals surface area (Å²) >= 11 is 0. The van der Waals surface area contributed by atoms with E-state index in [1.807, 2.05) is 92.7 Å². The van der Waals surface area contributed by atoms with Crippen LogP contribution in [0.25, 0.3) is 11.1 Å². The lowest BCUT2D eigenvalue weighted by molar-refractivity contribution is 0.0338. The summed E-state index contributed by atoms with van der Waals surface area (Å²) in [5.74, 6) is 0.507. The second-order valence-corrected chi connectivity index (χ2v) is 6.44. The molecule has 1 unspecified atom stereocenters. The summed E-state index contributed by atoms with van der Waals surface area (Å²) in [5, 5.41) is 0. The maximum Gasteiger partial charge on any atom is 0.338 e. The zero-order valence-corrected chi connectivity index (χ0v) is 16.2. The van der Waals surface area contributed by atoms with Gasteiger partial charge in [0.2, 0.25) is 0 Å².